The molecule has 0 atom stereocenters. The van der Waals surface area contributed by atoms with E-state index in [0.717, 1.165) is 12.1 Å². The molecule has 1 rings (SSSR count). The SMILES string of the molecule is CC(C)C(=O)NCCNC(=O)/C=C/c1ccc(C(F)(F)F)cc1. The molecule has 4 nitrogen and oxygen atoms in total. The van der Waals surface area contributed by atoms with Gasteiger partial charge in [-0.1, -0.05) is 26.0 Å². The van der Waals surface area contributed by atoms with Gasteiger partial charge in [-0.15, -0.1) is 0 Å². The monoisotopic (exact) mass is 328 g/mol. The van der Waals surface area contributed by atoms with Crippen LogP contribution < -0.4 is 10.6 Å². The molecule has 0 bridgehead atoms. The maximum Gasteiger partial charge on any atom is 0.416 e. The summed E-state index contributed by atoms with van der Waals surface area (Å²) in [6.45, 7) is 4.12. The Morgan fingerprint density at radius 1 is 1.09 bits per heavy atom. The third kappa shape index (κ3) is 6.99. The molecule has 0 aliphatic carbocycles. The first-order chi connectivity index (χ1) is 10.7. The Kier molecular flexibility index (Phi) is 6.81. The molecular formula is C16H19F3N2O2. The third-order valence-corrected chi connectivity index (χ3v) is 2.91. The predicted molar refractivity (Wildman–Crippen MR) is 81.3 cm³/mol. The molecule has 0 aliphatic heterocycles. The van der Waals surface area contributed by atoms with Crippen LogP contribution >= 0.6 is 0 Å². The van der Waals surface area contributed by atoms with Gasteiger partial charge in [-0.25, -0.2) is 0 Å². The fraction of sp³-hybridized carbons (Fsp3) is 0.375. The number of rotatable bonds is 6. The van der Waals surface area contributed by atoms with Gasteiger partial charge in [-0.3, -0.25) is 9.59 Å². The van der Waals surface area contributed by atoms with E-state index >= 15 is 0 Å². The quantitative estimate of drug-likeness (QED) is 0.623. The molecule has 1 aromatic carbocycles. The van der Waals surface area contributed by atoms with Crippen molar-refractivity contribution in [1.82, 2.24) is 10.6 Å². The molecule has 0 aliphatic rings. The summed E-state index contributed by atoms with van der Waals surface area (Å²) in [5.41, 5.74) is -0.249. The summed E-state index contributed by atoms with van der Waals surface area (Å²) in [4.78, 5) is 22.8. The van der Waals surface area contributed by atoms with Gasteiger partial charge in [0, 0.05) is 25.1 Å². The number of hydrogen-bond donors (Lipinski definition) is 2. The molecule has 0 saturated carbocycles. The van der Waals surface area contributed by atoms with Crippen LogP contribution in [0.4, 0.5) is 13.2 Å². The highest BCUT2D eigenvalue weighted by molar-refractivity contribution is 5.91. The molecule has 0 spiro atoms. The molecule has 126 valence electrons. The Morgan fingerprint density at radius 2 is 1.65 bits per heavy atom. The topological polar surface area (TPSA) is 58.2 Å². The lowest BCUT2D eigenvalue weighted by Gasteiger charge is -2.07. The van der Waals surface area contributed by atoms with Crippen molar-refractivity contribution in [3.8, 4) is 0 Å². The van der Waals surface area contributed by atoms with Crippen molar-refractivity contribution in [1.29, 1.82) is 0 Å². The van der Waals surface area contributed by atoms with Crippen molar-refractivity contribution in [2.24, 2.45) is 5.92 Å². The average Bonchev–Trinajstić information content (AvgIpc) is 2.48. The van der Waals surface area contributed by atoms with Crippen LogP contribution in [-0.2, 0) is 15.8 Å². The van der Waals surface area contributed by atoms with Crippen LogP contribution in [0, 0.1) is 5.92 Å². The summed E-state index contributed by atoms with van der Waals surface area (Å²) in [5, 5.41) is 5.21. The molecule has 0 saturated heterocycles. The highest BCUT2D eigenvalue weighted by atomic mass is 19.4. The van der Waals surface area contributed by atoms with E-state index in [4.69, 9.17) is 0 Å². The molecule has 0 aromatic heterocycles. The van der Waals surface area contributed by atoms with Gasteiger partial charge in [0.25, 0.3) is 0 Å². The molecule has 0 unspecified atom stereocenters. The fourth-order valence-corrected chi connectivity index (χ4v) is 1.59. The van der Waals surface area contributed by atoms with Crippen LogP contribution in [-0.4, -0.2) is 24.9 Å². The summed E-state index contributed by atoms with van der Waals surface area (Å²) in [5.74, 6) is -0.603. The molecule has 1 aromatic rings. The maximum atomic E-state index is 12.4. The largest absolute Gasteiger partial charge is 0.416 e. The zero-order valence-corrected chi connectivity index (χ0v) is 12.9. The van der Waals surface area contributed by atoms with Gasteiger partial charge in [-0.2, -0.15) is 13.2 Å². The van der Waals surface area contributed by atoms with Crippen molar-refractivity contribution >= 4 is 17.9 Å². The van der Waals surface area contributed by atoms with Gasteiger partial charge in [0.2, 0.25) is 11.8 Å². The van der Waals surface area contributed by atoms with E-state index < -0.39 is 11.7 Å². The van der Waals surface area contributed by atoms with Crippen molar-refractivity contribution in [2.75, 3.05) is 13.1 Å². The number of nitrogens with one attached hydrogen (secondary N) is 2. The highest BCUT2D eigenvalue weighted by Crippen LogP contribution is 2.29. The van der Waals surface area contributed by atoms with Gasteiger partial charge < -0.3 is 10.6 Å². The summed E-state index contributed by atoms with van der Waals surface area (Å²) >= 11 is 0. The summed E-state index contributed by atoms with van der Waals surface area (Å²) < 4.78 is 37.2. The molecule has 2 N–H and O–H groups in total. The zero-order valence-electron chi connectivity index (χ0n) is 12.9. The van der Waals surface area contributed by atoms with E-state index in [1.807, 2.05) is 0 Å². The minimum atomic E-state index is -4.37. The number of carbonyl (C=O) groups excluding carboxylic acids is 2. The lowest BCUT2D eigenvalue weighted by Crippen LogP contribution is -2.35. The second-order valence-electron chi connectivity index (χ2n) is 5.19. The van der Waals surface area contributed by atoms with Crippen LogP contribution in [0.5, 0.6) is 0 Å². The van der Waals surface area contributed by atoms with Crippen LogP contribution in [0.2, 0.25) is 0 Å². The van der Waals surface area contributed by atoms with Crippen LogP contribution in [0.25, 0.3) is 6.08 Å². The first-order valence-corrected chi connectivity index (χ1v) is 7.11. The second kappa shape index (κ2) is 8.36. The van der Waals surface area contributed by atoms with Gasteiger partial charge in [0.15, 0.2) is 0 Å². The molecule has 0 fully saturated rings. The van der Waals surface area contributed by atoms with Gasteiger partial charge in [0.1, 0.15) is 0 Å². The maximum absolute atomic E-state index is 12.4. The third-order valence-electron chi connectivity index (χ3n) is 2.91. The Morgan fingerprint density at radius 3 is 2.17 bits per heavy atom. The number of carbonyl (C=O) groups is 2. The van der Waals surface area contributed by atoms with Crippen LogP contribution in [0.1, 0.15) is 25.0 Å². The molecule has 23 heavy (non-hydrogen) atoms. The number of alkyl halides is 3. The zero-order chi connectivity index (χ0) is 17.5. The first kappa shape index (κ1) is 18.7. The Labute approximate surface area is 132 Å². The first-order valence-electron chi connectivity index (χ1n) is 7.11. The van der Waals surface area contributed by atoms with Crippen molar-refractivity contribution in [2.45, 2.75) is 20.0 Å². The van der Waals surface area contributed by atoms with E-state index in [2.05, 4.69) is 10.6 Å². The number of halogens is 3. The lowest BCUT2D eigenvalue weighted by molar-refractivity contribution is -0.137. The minimum absolute atomic E-state index is 0.0976. The average molecular weight is 328 g/mol. The van der Waals surface area contributed by atoms with Gasteiger partial charge in [-0.05, 0) is 23.8 Å². The second-order valence-corrected chi connectivity index (χ2v) is 5.19. The van der Waals surface area contributed by atoms with Crippen LogP contribution in [0.3, 0.4) is 0 Å². The lowest BCUT2D eigenvalue weighted by atomic mass is 10.1. The summed E-state index contributed by atoms with van der Waals surface area (Å²) in [6, 6.07) is 4.49. The van der Waals surface area contributed by atoms with E-state index in [0.29, 0.717) is 12.1 Å². The van der Waals surface area contributed by atoms with E-state index in [1.54, 1.807) is 13.8 Å². The van der Waals surface area contributed by atoms with Crippen molar-refractivity contribution in [3.05, 3.63) is 41.5 Å². The predicted octanol–water partition coefficient (Wildman–Crippen LogP) is 2.61. The Bertz CT molecular complexity index is 564. The van der Waals surface area contributed by atoms with Gasteiger partial charge >= 0.3 is 6.18 Å². The summed E-state index contributed by atoms with van der Waals surface area (Å²) in [7, 11) is 0. The Hall–Kier alpha value is -2.31. The normalized spacial score (nSPS) is 11.7. The highest BCUT2D eigenvalue weighted by Gasteiger charge is 2.29. The molecule has 2 amide bonds. The fourth-order valence-electron chi connectivity index (χ4n) is 1.59. The van der Waals surface area contributed by atoms with Crippen molar-refractivity contribution in [3.63, 3.8) is 0 Å². The molecule has 7 heteroatoms. The molecule has 0 heterocycles. The summed E-state index contributed by atoms with van der Waals surface area (Å²) in [6.07, 6.45) is -1.73. The van der Waals surface area contributed by atoms with E-state index in [1.165, 1.54) is 24.3 Å². The smallest absolute Gasteiger partial charge is 0.354 e. The Balaban J connectivity index is 2.39. The van der Waals surface area contributed by atoms with E-state index in [9.17, 15) is 22.8 Å². The molecular weight excluding hydrogens is 309 g/mol. The molecule has 0 radical (unpaired) electrons. The van der Waals surface area contributed by atoms with Crippen molar-refractivity contribution < 1.29 is 22.8 Å². The van der Waals surface area contributed by atoms with E-state index in [-0.39, 0.29) is 24.3 Å². The standard InChI is InChI=1S/C16H19F3N2O2/c1-11(2)15(23)21-10-9-20-14(22)8-5-12-3-6-13(7-4-12)16(17,18)19/h3-8,11H,9-10H2,1-2H3,(H,20,22)(H,21,23)/b8-5+. The number of benzene rings is 1. The van der Waals surface area contributed by atoms with Crippen LogP contribution in [0.15, 0.2) is 30.3 Å². The minimum Gasteiger partial charge on any atom is -0.354 e. The number of amides is 2. The van der Waals surface area contributed by atoms with Gasteiger partial charge in [0.05, 0.1) is 5.56 Å². The number of hydrogen-bond acceptors (Lipinski definition) is 2.